The summed E-state index contributed by atoms with van der Waals surface area (Å²) in [5.41, 5.74) is 3.97. The Labute approximate surface area is 108 Å². The van der Waals surface area contributed by atoms with Crippen LogP contribution in [0.1, 0.15) is 11.1 Å². The van der Waals surface area contributed by atoms with Crippen LogP contribution < -0.4 is 0 Å². The maximum atomic E-state index is 8.17. The Morgan fingerprint density at radius 1 is 0.882 bits per heavy atom. The van der Waals surface area contributed by atoms with Crippen LogP contribution in [0.15, 0.2) is 58.0 Å². The summed E-state index contributed by atoms with van der Waals surface area (Å²) in [5.74, 6) is 0. The van der Waals surface area contributed by atoms with Crippen molar-refractivity contribution in [2.24, 2.45) is 4.99 Å². The van der Waals surface area contributed by atoms with E-state index in [1.54, 1.807) is 0 Å². The van der Waals surface area contributed by atoms with Crippen LogP contribution in [0.25, 0.3) is 0 Å². The molecule has 1 aliphatic heterocycles. The molecule has 82 valence electrons. The predicted molar refractivity (Wildman–Crippen MR) is 73.6 cm³/mol. The molecular weight excluding hydrogens is 276 g/mol. The van der Waals surface area contributed by atoms with E-state index < -0.39 is 0 Å². The smallest absolute Gasteiger partial charge is 0.0977 e. The number of hydrogen-bond acceptors (Lipinski definition) is 2. The molecule has 0 aliphatic carbocycles. The number of halogens is 1. The van der Waals surface area contributed by atoms with E-state index in [0.29, 0.717) is 5.71 Å². The van der Waals surface area contributed by atoms with Gasteiger partial charge in [-0.2, -0.15) is 0 Å². The summed E-state index contributed by atoms with van der Waals surface area (Å²) >= 11 is 3.50. The van der Waals surface area contributed by atoms with E-state index >= 15 is 0 Å². The van der Waals surface area contributed by atoms with Gasteiger partial charge in [-0.3, -0.25) is 5.41 Å². The summed E-state index contributed by atoms with van der Waals surface area (Å²) in [6.07, 6.45) is 0. The molecule has 3 rings (SSSR count). The molecule has 0 spiro atoms. The highest BCUT2D eigenvalue weighted by Gasteiger charge is 2.22. The van der Waals surface area contributed by atoms with Crippen molar-refractivity contribution in [3.8, 4) is 0 Å². The monoisotopic (exact) mass is 284 g/mol. The number of aliphatic imine (C=N–C) groups is 1. The molecule has 0 radical (unpaired) electrons. The second-order valence-electron chi connectivity index (χ2n) is 3.83. The van der Waals surface area contributed by atoms with Crippen molar-refractivity contribution in [1.82, 2.24) is 0 Å². The molecule has 1 N–H and O–H groups in total. The third kappa shape index (κ3) is 1.63. The van der Waals surface area contributed by atoms with E-state index in [2.05, 4.69) is 20.9 Å². The Morgan fingerprint density at radius 2 is 1.53 bits per heavy atom. The fraction of sp³-hybridized carbons (Fsp3) is 0. The van der Waals surface area contributed by atoms with Crippen molar-refractivity contribution in [3.05, 3.63) is 64.1 Å². The van der Waals surface area contributed by atoms with Crippen molar-refractivity contribution in [3.63, 3.8) is 0 Å². The third-order valence-corrected chi connectivity index (χ3v) is 3.46. The van der Waals surface area contributed by atoms with Gasteiger partial charge in [-0.15, -0.1) is 0 Å². The van der Waals surface area contributed by atoms with E-state index in [0.717, 1.165) is 27.0 Å². The normalized spacial score (nSPS) is 13.5. The summed E-state index contributed by atoms with van der Waals surface area (Å²) < 4.78 is 0.969. The van der Waals surface area contributed by atoms with Crippen molar-refractivity contribution in [1.29, 1.82) is 5.41 Å². The highest BCUT2D eigenvalue weighted by molar-refractivity contribution is 9.10. The minimum atomic E-state index is 0.493. The average molecular weight is 285 g/mol. The van der Waals surface area contributed by atoms with Crippen LogP contribution in [0, 0.1) is 5.41 Å². The van der Waals surface area contributed by atoms with Crippen molar-refractivity contribution in [2.75, 3.05) is 0 Å². The molecule has 0 fully saturated rings. The molecule has 1 aliphatic rings. The van der Waals surface area contributed by atoms with Crippen LogP contribution >= 0.6 is 15.9 Å². The molecule has 0 bridgehead atoms. The zero-order valence-electron chi connectivity index (χ0n) is 8.94. The lowest BCUT2D eigenvalue weighted by Crippen LogP contribution is -2.11. The lowest BCUT2D eigenvalue weighted by Gasteiger charge is -2.03. The standard InChI is InChI=1S/C14H9BrN2/c15-11-7-3-1-5-9(11)14-13(16)10-6-2-4-8-12(10)17-14/h1-8,16H. The predicted octanol–water partition coefficient (Wildman–Crippen LogP) is 3.95. The molecule has 1 heterocycles. The molecule has 2 aromatic rings. The average Bonchev–Trinajstić information content (AvgIpc) is 2.68. The van der Waals surface area contributed by atoms with Crippen LogP contribution in [0.4, 0.5) is 5.69 Å². The van der Waals surface area contributed by atoms with Gasteiger partial charge in [0, 0.05) is 15.6 Å². The highest BCUT2D eigenvalue weighted by Crippen LogP contribution is 2.30. The number of para-hydroxylation sites is 1. The zero-order valence-corrected chi connectivity index (χ0v) is 10.5. The Kier molecular flexibility index (Phi) is 2.41. The van der Waals surface area contributed by atoms with E-state index in [4.69, 9.17) is 5.41 Å². The van der Waals surface area contributed by atoms with Gasteiger partial charge in [-0.1, -0.05) is 52.3 Å². The molecule has 0 amide bonds. The summed E-state index contributed by atoms with van der Waals surface area (Å²) in [6.45, 7) is 0. The van der Waals surface area contributed by atoms with Gasteiger partial charge in [-0.25, -0.2) is 4.99 Å². The van der Waals surface area contributed by atoms with Crippen LogP contribution in [0.2, 0.25) is 0 Å². The Balaban J connectivity index is 2.16. The van der Waals surface area contributed by atoms with Crippen molar-refractivity contribution in [2.45, 2.75) is 0 Å². The largest absolute Gasteiger partial charge is 0.298 e. The molecule has 0 aromatic heterocycles. The van der Waals surface area contributed by atoms with Crippen LogP contribution in [0.3, 0.4) is 0 Å². The molecular formula is C14H9BrN2. The first-order valence-corrected chi connectivity index (χ1v) is 6.08. The van der Waals surface area contributed by atoms with Crippen LogP contribution in [-0.2, 0) is 0 Å². The molecule has 0 saturated heterocycles. The lowest BCUT2D eigenvalue weighted by molar-refractivity contribution is 1.51. The van der Waals surface area contributed by atoms with Gasteiger partial charge in [0.25, 0.3) is 0 Å². The first-order chi connectivity index (χ1) is 8.27. The summed E-state index contributed by atoms with van der Waals surface area (Å²) in [4.78, 5) is 4.53. The Hall–Kier alpha value is -1.74. The molecule has 0 saturated carbocycles. The molecule has 3 heteroatoms. The molecule has 0 atom stereocenters. The highest BCUT2D eigenvalue weighted by atomic mass is 79.9. The number of hydrogen-bond donors (Lipinski definition) is 1. The quantitative estimate of drug-likeness (QED) is 0.823. The number of fused-ring (bicyclic) bond motifs is 1. The SMILES string of the molecule is N=C1C(c2ccccc2Br)=Nc2ccccc21. The molecule has 2 nitrogen and oxygen atoms in total. The number of nitrogens with one attached hydrogen (secondary N) is 1. The van der Waals surface area contributed by atoms with Gasteiger partial charge in [-0.05, 0) is 12.1 Å². The zero-order chi connectivity index (χ0) is 11.8. The Bertz CT molecular complexity index is 644. The summed E-state index contributed by atoms with van der Waals surface area (Å²) in [6, 6.07) is 15.6. The molecule has 0 unspecified atom stereocenters. The maximum Gasteiger partial charge on any atom is 0.0977 e. The second-order valence-corrected chi connectivity index (χ2v) is 4.69. The van der Waals surface area contributed by atoms with E-state index in [1.165, 1.54) is 0 Å². The maximum absolute atomic E-state index is 8.17. The van der Waals surface area contributed by atoms with Gasteiger partial charge in [0.15, 0.2) is 0 Å². The minimum Gasteiger partial charge on any atom is -0.298 e. The minimum absolute atomic E-state index is 0.493. The van der Waals surface area contributed by atoms with Gasteiger partial charge in [0.2, 0.25) is 0 Å². The van der Waals surface area contributed by atoms with Gasteiger partial charge < -0.3 is 0 Å². The van der Waals surface area contributed by atoms with Gasteiger partial charge >= 0.3 is 0 Å². The third-order valence-electron chi connectivity index (χ3n) is 2.77. The van der Waals surface area contributed by atoms with Gasteiger partial charge in [0.05, 0.1) is 17.1 Å². The van der Waals surface area contributed by atoms with Crippen molar-refractivity contribution >= 4 is 33.0 Å². The molecule has 17 heavy (non-hydrogen) atoms. The van der Waals surface area contributed by atoms with Crippen LogP contribution in [0.5, 0.6) is 0 Å². The van der Waals surface area contributed by atoms with Crippen molar-refractivity contribution < 1.29 is 0 Å². The summed E-state index contributed by atoms with van der Waals surface area (Å²) in [5, 5.41) is 8.17. The first kappa shape index (κ1) is 10.4. The second kappa shape index (κ2) is 3.93. The topological polar surface area (TPSA) is 36.2 Å². The number of rotatable bonds is 1. The lowest BCUT2D eigenvalue weighted by atomic mass is 10.0. The summed E-state index contributed by atoms with van der Waals surface area (Å²) in [7, 11) is 0. The van der Waals surface area contributed by atoms with E-state index in [9.17, 15) is 0 Å². The first-order valence-electron chi connectivity index (χ1n) is 5.29. The van der Waals surface area contributed by atoms with Gasteiger partial charge in [0.1, 0.15) is 0 Å². The van der Waals surface area contributed by atoms with E-state index in [-0.39, 0.29) is 0 Å². The van der Waals surface area contributed by atoms with Crippen LogP contribution in [-0.4, -0.2) is 11.4 Å². The Morgan fingerprint density at radius 3 is 2.24 bits per heavy atom. The fourth-order valence-electron chi connectivity index (χ4n) is 1.93. The number of benzene rings is 2. The fourth-order valence-corrected chi connectivity index (χ4v) is 2.41. The number of nitrogens with zero attached hydrogens (tertiary/aromatic N) is 1. The van der Waals surface area contributed by atoms with E-state index in [1.807, 2.05) is 48.5 Å². The molecule has 2 aromatic carbocycles.